The summed E-state index contributed by atoms with van der Waals surface area (Å²) in [4.78, 5) is 0. The zero-order valence-corrected chi connectivity index (χ0v) is 24.8. The molecule has 1 aliphatic heterocycles. The van der Waals surface area contributed by atoms with Gasteiger partial charge in [-0.15, -0.1) is 0 Å². The van der Waals surface area contributed by atoms with E-state index in [1.165, 1.54) is 5.56 Å². The van der Waals surface area contributed by atoms with Crippen molar-refractivity contribution in [1.82, 2.24) is 0 Å². The number of hydrogen-bond donors (Lipinski definition) is 1. The maximum absolute atomic E-state index is 11.2. The van der Waals surface area contributed by atoms with Gasteiger partial charge in [0.1, 0.15) is 18.0 Å². The lowest BCUT2D eigenvalue weighted by molar-refractivity contribution is -0.235. The van der Waals surface area contributed by atoms with Crippen molar-refractivity contribution >= 4 is 11.6 Å². The Balaban J connectivity index is 1.50. The molecule has 0 aliphatic carbocycles. The van der Waals surface area contributed by atoms with Crippen LogP contribution < -0.4 is 0 Å². The fraction of sp³-hybridized carbons (Fsp3) is 0.333. The van der Waals surface area contributed by atoms with Gasteiger partial charge in [-0.2, -0.15) is 0 Å². The molecule has 4 aromatic rings. The summed E-state index contributed by atoms with van der Waals surface area (Å²) in [5.74, 6) is 0.189. The molecule has 1 heterocycles. The van der Waals surface area contributed by atoms with Gasteiger partial charge in [0, 0.05) is 16.5 Å². The van der Waals surface area contributed by atoms with Crippen molar-refractivity contribution in [2.24, 2.45) is 5.92 Å². The Bertz CT molecular complexity index is 1390. The molecular weight excluding hydrogens is 532 g/mol. The first-order valence-corrected chi connectivity index (χ1v) is 14.8. The molecule has 5 rings (SSSR count). The number of halogens is 1. The lowest BCUT2D eigenvalue weighted by Crippen LogP contribution is -2.51. The maximum atomic E-state index is 11.2. The van der Waals surface area contributed by atoms with Crippen LogP contribution in [-0.2, 0) is 33.8 Å². The van der Waals surface area contributed by atoms with Crippen molar-refractivity contribution < 1.29 is 19.3 Å². The predicted molar refractivity (Wildman–Crippen MR) is 164 cm³/mol. The quantitative estimate of drug-likeness (QED) is 0.207. The first-order chi connectivity index (χ1) is 19.9. The minimum Gasteiger partial charge on any atom is -0.508 e. The highest BCUT2D eigenvalue weighted by atomic mass is 35.5. The van der Waals surface area contributed by atoms with E-state index in [9.17, 15) is 5.11 Å². The lowest BCUT2D eigenvalue weighted by Gasteiger charge is -2.46. The van der Waals surface area contributed by atoms with Gasteiger partial charge in [-0.3, -0.25) is 0 Å². The van der Waals surface area contributed by atoms with E-state index in [1.807, 2.05) is 42.5 Å². The van der Waals surface area contributed by atoms with Gasteiger partial charge in [0.05, 0.1) is 25.4 Å². The third kappa shape index (κ3) is 7.20. The molecule has 0 aromatic heterocycles. The van der Waals surface area contributed by atoms with Gasteiger partial charge >= 0.3 is 0 Å². The molecule has 0 spiro atoms. The summed E-state index contributed by atoms with van der Waals surface area (Å²) in [7, 11) is 0. The summed E-state index contributed by atoms with van der Waals surface area (Å²) in [6.45, 7) is 7.25. The van der Waals surface area contributed by atoms with Crippen LogP contribution in [0.2, 0.25) is 5.02 Å². The van der Waals surface area contributed by atoms with E-state index in [4.69, 9.17) is 25.8 Å². The van der Waals surface area contributed by atoms with Crippen molar-refractivity contribution in [3.8, 4) is 5.75 Å². The number of benzene rings is 4. The van der Waals surface area contributed by atoms with Crippen LogP contribution in [0.5, 0.6) is 5.75 Å². The summed E-state index contributed by atoms with van der Waals surface area (Å²) in [5.41, 5.74) is 6.14. The second-order valence-corrected chi connectivity index (χ2v) is 11.5. The Labute approximate surface area is 248 Å². The predicted octanol–water partition coefficient (Wildman–Crippen LogP) is 8.60. The van der Waals surface area contributed by atoms with Crippen molar-refractivity contribution in [2.45, 2.75) is 71.2 Å². The summed E-state index contributed by atoms with van der Waals surface area (Å²) >= 11 is 6.67. The Morgan fingerprint density at radius 3 is 1.95 bits per heavy atom. The standard InChI is InChI=1S/C36H39ClO4/c1-4-33-25(3)34(39-22-27-11-7-5-8-12-27)36(40-23-28-13-9-6-10-14-28)35(41-33)30-20-29(31(37)21-32(30)38)19-26-17-15-24(2)16-18-26/h5-18,20-21,25,33-36,38H,4,19,22-23H2,1-3H3/t25-,33-,34+,35+,36-/m1/s1. The molecule has 1 aliphatic rings. The van der Waals surface area contributed by atoms with Crippen molar-refractivity contribution in [3.63, 3.8) is 0 Å². The molecule has 4 nitrogen and oxygen atoms in total. The van der Waals surface area contributed by atoms with Gasteiger partial charge in [0.25, 0.3) is 0 Å². The van der Waals surface area contributed by atoms with Crippen LogP contribution in [0.1, 0.15) is 59.8 Å². The van der Waals surface area contributed by atoms with Crippen LogP contribution in [0, 0.1) is 12.8 Å². The molecule has 0 amide bonds. The molecule has 1 saturated heterocycles. The van der Waals surface area contributed by atoms with Crippen LogP contribution in [-0.4, -0.2) is 23.4 Å². The SMILES string of the molecule is CC[C@H]1O[C@@H](c2cc(Cc3ccc(C)cc3)c(Cl)cc2O)[C@H](OCc2ccccc2)[C@@H](OCc2ccccc2)[C@@H]1C. The normalized spacial score (nSPS) is 22.5. The fourth-order valence-electron chi connectivity index (χ4n) is 5.67. The van der Waals surface area contributed by atoms with Gasteiger partial charge < -0.3 is 19.3 Å². The first kappa shape index (κ1) is 29.3. The maximum Gasteiger partial charge on any atom is 0.122 e. The molecular formula is C36H39ClO4. The zero-order chi connectivity index (χ0) is 28.8. The molecule has 0 unspecified atom stereocenters. The molecule has 4 aromatic carbocycles. The zero-order valence-electron chi connectivity index (χ0n) is 24.0. The largest absolute Gasteiger partial charge is 0.508 e. The van der Waals surface area contributed by atoms with Gasteiger partial charge in [-0.05, 0) is 54.2 Å². The minimum atomic E-state index is -0.533. The average Bonchev–Trinajstić information content (AvgIpc) is 2.99. The molecule has 1 N–H and O–H groups in total. The summed E-state index contributed by atoms with van der Waals surface area (Å²) in [5, 5.41) is 11.8. The summed E-state index contributed by atoms with van der Waals surface area (Å²) < 4.78 is 20.1. The first-order valence-electron chi connectivity index (χ1n) is 14.5. The van der Waals surface area contributed by atoms with Crippen LogP contribution in [0.4, 0.5) is 0 Å². The Hall–Kier alpha value is -3.15. The molecule has 1 fully saturated rings. The van der Waals surface area contributed by atoms with Crippen LogP contribution in [0.25, 0.3) is 0 Å². The Kier molecular flexibility index (Phi) is 9.79. The number of ether oxygens (including phenoxy) is 3. The highest BCUT2D eigenvalue weighted by molar-refractivity contribution is 6.31. The van der Waals surface area contributed by atoms with E-state index >= 15 is 0 Å². The van der Waals surface area contributed by atoms with Crippen LogP contribution in [0.15, 0.2) is 97.1 Å². The number of phenolic OH excluding ortho intramolecular Hbond substituents is 1. The molecule has 5 heteroatoms. The van der Waals surface area contributed by atoms with Crippen molar-refractivity contribution in [1.29, 1.82) is 0 Å². The lowest BCUT2D eigenvalue weighted by atomic mass is 9.83. The van der Waals surface area contributed by atoms with E-state index in [0.717, 1.165) is 28.7 Å². The van der Waals surface area contributed by atoms with E-state index in [-0.39, 0.29) is 23.9 Å². The number of rotatable bonds is 10. The third-order valence-corrected chi connectivity index (χ3v) is 8.39. The van der Waals surface area contributed by atoms with Crippen molar-refractivity contribution in [3.05, 3.63) is 135 Å². The summed E-state index contributed by atoms with van der Waals surface area (Å²) in [6.07, 6.45) is 0.173. The van der Waals surface area contributed by atoms with E-state index in [1.54, 1.807) is 6.07 Å². The van der Waals surface area contributed by atoms with Crippen LogP contribution in [0.3, 0.4) is 0 Å². The number of aromatic hydroxyl groups is 1. The van der Waals surface area contributed by atoms with E-state index < -0.39 is 12.2 Å². The number of hydrogen-bond acceptors (Lipinski definition) is 4. The van der Waals surface area contributed by atoms with Crippen LogP contribution >= 0.6 is 11.6 Å². The Morgan fingerprint density at radius 1 is 0.780 bits per heavy atom. The second-order valence-electron chi connectivity index (χ2n) is 11.0. The molecule has 0 radical (unpaired) electrons. The van der Waals surface area contributed by atoms with Gasteiger partial charge in [-0.25, -0.2) is 0 Å². The highest BCUT2D eigenvalue weighted by Crippen LogP contribution is 2.44. The minimum absolute atomic E-state index is 0.0621. The fourth-order valence-corrected chi connectivity index (χ4v) is 5.89. The smallest absolute Gasteiger partial charge is 0.122 e. The number of aryl methyl sites for hydroxylation is 1. The molecule has 0 bridgehead atoms. The topological polar surface area (TPSA) is 47.9 Å². The van der Waals surface area contributed by atoms with E-state index in [0.29, 0.717) is 30.2 Å². The summed E-state index contributed by atoms with van der Waals surface area (Å²) in [6, 6.07) is 32.4. The molecule has 41 heavy (non-hydrogen) atoms. The molecule has 0 saturated carbocycles. The molecule has 214 valence electrons. The van der Waals surface area contributed by atoms with Gasteiger partial charge in [0.2, 0.25) is 0 Å². The van der Waals surface area contributed by atoms with E-state index in [2.05, 4.69) is 69.3 Å². The third-order valence-electron chi connectivity index (χ3n) is 8.04. The number of phenols is 1. The second kappa shape index (κ2) is 13.7. The van der Waals surface area contributed by atoms with Crippen molar-refractivity contribution in [2.75, 3.05) is 0 Å². The molecule has 5 atom stereocenters. The monoisotopic (exact) mass is 570 g/mol. The van der Waals surface area contributed by atoms with Gasteiger partial charge in [0.15, 0.2) is 0 Å². The Morgan fingerprint density at radius 2 is 1.37 bits per heavy atom. The highest BCUT2D eigenvalue weighted by Gasteiger charge is 2.46. The van der Waals surface area contributed by atoms with Gasteiger partial charge in [-0.1, -0.05) is 116 Å². The average molecular weight is 571 g/mol.